The molecule has 1 aliphatic heterocycles. The summed E-state index contributed by atoms with van der Waals surface area (Å²) in [6.45, 7) is 3.20. The fourth-order valence-corrected chi connectivity index (χ4v) is 4.91. The van der Waals surface area contributed by atoms with E-state index in [1.54, 1.807) is 12.4 Å². The van der Waals surface area contributed by atoms with Crippen LogP contribution in [0, 0.1) is 6.92 Å². The van der Waals surface area contributed by atoms with E-state index in [4.69, 9.17) is 12.2 Å². The molecule has 0 radical (unpaired) electrons. The lowest BCUT2D eigenvalue weighted by molar-refractivity contribution is -0.116. The largest absolute Gasteiger partial charge is 0.352 e. The highest BCUT2D eigenvalue weighted by atomic mass is 32.1. The van der Waals surface area contributed by atoms with Crippen LogP contribution in [0.5, 0.6) is 0 Å². The van der Waals surface area contributed by atoms with Gasteiger partial charge in [-0.25, -0.2) is 0 Å². The van der Waals surface area contributed by atoms with E-state index in [1.807, 2.05) is 67.7 Å². The molecule has 1 fully saturated rings. The van der Waals surface area contributed by atoms with Gasteiger partial charge in [0, 0.05) is 55.7 Å². The molecule has 5 rings (SSSR count). The minimum absolute atomic E-state index is 0.0487. The van der Waals surface area contributed by atoms with Crippen molar-refractivity contribution in [1.29, 1.82) is 0 Å². The van der Waals surface area contributed by atoms with Crippen LogP contribution >= 0.6 is 12.2 Å². The number of carbonyl (C=O) groups excluding carboxylic acids is 1. The zero-order chi connectivity index (χ0) is 24.9. The number of nitrogens with one attached hydrogen (secondary N) is 2. The van der Waals surface area contributed by atoms with Crippen LogP contribution in [0.4, 0.5) is 5.69 Å². The standard InChI is InChI=1S/C28H28N6OS/c1-20-9-11-22(12-10-20)31-25(35)13-17-34-27(26(32-28(34)36)23-7-2-3-15-30-23)24-8-5-16-33(24)19-21-6-4-14-29-18-21/h2-12,14-16,18,26-27H,13,17,19H2,1H3,(H,31,35)(H,32,36). The van der Waals surface area contributed by atoms with Crippen molar-refractivity contribution in [3.63, 3.8) is 0 Å². The highest BCUT2D eigenvalue weighted by molar-refractivity contribution is 7.80. The van der Waals surface area contributed by atoms with Crippen LogP contribution in [0.2, 0.25) is 0 Å². The van der Waals surface area contributed by atoms with Crippen LogP contribution < -0.4 is 10.6 Å². The van der Waals surface area contributed by atoms with Crippen LogP contribution in [0.1, 0.15) is 41.0 Å². The smallest absolute Gasteiger partial charge is 0.226 e. The average Bonchev–Trinajstić information content (AvgIpc) is 3.48. The van der Waals surface area contributed by atoms with Gasteiger partial charge in [-0.05, 0) is 67.2 Å². The van der Waals surface area contributed by atoms with Gasteiger partial charge in [0.25, 0.3) is 0 Å². The van der Waals surface area contributed by atoms with E-state index in [-0.39, 0.29) is 18.0 Å². The highest BCUT2D eigenvalue weighted by Crippen LogP contribution is 2.39. The Balaban J connectivity index is 1.39. The second-order valence-corrected chi connectivity index (χ2v) is 9.29. The molecule has 4 aromatic rings. The van der Waals surface area contributed by atoms with Crippen LogP contribution in [-0.2, 0) is 11.3 Å². The lowest BCUT2D eigenvalue weighted by atomic mass is 10.0. The molecule has 1 saturated heterocycles. The molecule has 36 heavy (non-hydrogen) atoms. The summed E-state index contributed by atoms with van der Waals surface area (Å²) < 4.78 is 2.21. The first-order valence-corrected chi connectivity index (χ1v) is 12.4. The van der Waals surface area contributed by atoms with Gasteiger partial charge in [-0.1, -0.05) is 29.8 Å². The van der Waals surface area contributed by atoms with Crippen molar-refractivity contribution < 1.29 is 4.79 Å². The maximum absolute atomic E-state index is 12.8. The number of carbonyl (C=O) groups is 1. The van der Waals surface area contributed by atoms with E-state index in [1.165, 1.54) is 0 Å². The highest BCUT2D eigenvalue weighted by Gasteiger charge is 2.41. The molecule has 8 heteroatoms. The van der Waals surface area contributed by atoms with Crippen molar-refractivity contribution in [2.24, 2.45) is 0 Å². The fraction of sp³-hybridized carbons (Fsp3) is 0.214. The number of aryl methyl sites for hydroxylation is 1. The minimum atomic E-state index is -0.138. The van der Waals surface area contributed by atoms with Gasteiger partial charge >= 0.3 is 0 Å². The molecule has 0 spiro atoms. The molecule has 182 valence electrons. The molecular weight excluding hydrogens is 468 g/mol. The van der Waals surface area contributed by atoms with Crippen LogP contribution in [-0.4, -0.2) is 37.0 Å². The molecule has 1 aromatic carbocycles. The Morgan fingerprint density at radius 2 is 1.92 bits per heavy atom. The van der Waals surface area contributed by atoms with Crippen molar-refractivity contribution in [3.8, 4) is 0 Å². The molecule has 0 saturated carbocycles. The predicted octanol–water partition coefficient (Wildman–Crippen LogP) is 4.64. The van der Waals surface area contributed by atoms with Crippen LogP contribution in [0.3, 0.4) is 0 Å². The number of benzene rings is 1. The van der Waals surface area contributed by atoms with Crippen molar-refractivity contribution in [2.75, 3.05) is 11.9 Å². The Morgan fingerprint density at radius 1 is 1.06 bits per heavy atom. The van der Waals surface area contributed by atoms with E-state index in [9.17, 15) is 4.79 Å². The summed E-state index contributed by atoms with van der Waals surface area (Å²) >= 11 is 5.77. The van der Waals surface area contributed by atoms with Gasteiger partial charge in [0.2, 0.25) is 5.91 Å². The molecule has 2 atom stereocenters. The summed E-state index contributed by atoms with van der Waals surface area (Å²) in [5.74, 6) is -0.0487. The summed E-state index contributed by atoms with van der Waals surface area (Å²) in [6.07, 6.45) is 7.83. The minimum Gasteiger partial charge on any atom is -0.352 e. The van der Waals surface area contributed by atoms with Gasteiger partial charge < -0.3 is 20.1 Å². The number of rotatable bonds is 8. The second kappa shape index (κ2) is 10.7. The van der Waals surface area contributed by atoms with Crippen LogP contribution in [0.25, 0.3) is 0 Å². The lowest BCUT2D eigenvalue weighted by Gasteiger charge is -2.29. The number of amides is 1. The SMILES string of the molecule is Cc1ccc(NC(=O)CCN2C(=S)NC(c3ccccn3)C2c2cccn2Cc2cccnc2)cc1. The molecule has 7 nitrogen and oxygen atoms in total. The molecule has 0 bridgehead atoms. The molecule has 1 amide bonds. The van der Waals surface area contributed by atoms with E-state index >= 15 is 0 Å². The lowest BCUT2D eigenvalue weighted by Crippen LogP contribution is -2.33. The zero-order valence-corrected chi connectivity index (χ0v) is 20.9. The Bertz CT molecular complexity index is 1320. The number of hydrogen-bond acceptors (Lipinski definition) is 4. The number of pyridine rings is 2. The molecule has 3 aromatic heterocycles. The maximum atomic E-state index is 12.8. The summed E-state index contributed by atoms with van der Waals surface area (Å²) in [6, 6.07) is 21.6. The van der Waals surface area contributed by atoms with Gasteiger partial charge in [0.1, 0.15) is 0 Å². The zero-order valence-electron chi connectivity index (χ0n) is 20.0. The van der Waals surface area contributed by atoms with Crippen LogP contribution in [0.15, 0.2) is 91.5 Å². The first-order valence-electron chi connectivity index (χ1n) is 12.0. The Hall–Kier alpha value is -4.04. The van der Waals surface area contributed by atoms with Gasteiger partial charge in [-0.2, -0.15) is 0 Å². The molecule has 2 unspecified atom stereocenters. The molecule has 0 aliphatic carbocycles. The van der Waals surface area contributed by atoms with E-state index in [0.717, 1.165) is 28.2 Å². The number of aromatic nitrogens is 3. The van der Waals surface area contributed by atoms with Gasteiger partial charge in [-0.3, -0.25) is 14.8 Å². The number of anilines is 1. The Labute approximate surface area is 216 Å². The van der Waals surface area contributed by atoms with Crippen molar-refractivity contribution in [1.82, 2.24) is 24.8 Å². The summed E-state index contributed by atoms with van der Waals surface area (Å²) in [5.41, 5.74) is 5.06. The monoisotopic (exact) mass is 496 g/mol. The molecular formula is C28H28N6OS. The number of nitrogens with zero attached hydrogens (tertiary/aromatic N) is 4. The number of thiocarbonyl (C=S) groups is 1. The predicted molar refractivity (Wildman–Crippen MR) is 144 cm³/mol. The molecule has 1 aliphatic rings. The summed E-state index contributed by atoms with van der Waals surface area (Å²) in [4.78, 5) is 23.8. The Morgan fingerprint density at radius 3 is 2.67 bits per heavy atom. The van der Waals surface area contributed by atoms with Gasteiger partial charge in [0.05, 0.1) is 17.8 Å². The van der Waals surface area contributed by atoms with Crippen molar-refractivity contribution in [2.45, 2.75) is 32.0 Å². The first kappa shape index (κ1) is 23.7. The maximum Gasteiger partial charge on any atom is 0.226 e. The quantitative estimate of drug-likeness (QED) is 0.346. The average molecular weight is 497 g/mol. The van der Waals surface area contributed by atoms with E-state index in [2.05, 4.69) is 48.4 Å². The molecule has 4 heterocycles. The molecule has 2 N–H and O–H groups in total. The van der Waals surface area contributed by atoms with E-state index in [0.29, 0.717) is 24.6 Å². The summed E-state index contributed by atoms with van der Waals surface area (Å²) in [7, 11) is 0. The van der Waals surface area contributed by atoms with E-state index < -0.39 is 0 Å². The third kappa shape index (κ3) is 5.28. The third-order valence-corrected chi connectivity index (χ3v) is 6.71. The van der Waals surface area contributed by atoms with Crippen molar-refractivity contribution in [3.05, 3.63) is 114 Å². The van der Waals surface area contributed by atoms with Crippen molar-refractivity contribution >= 4 is 28.9 Å². The number of hydrogen-bond donors (Lipinski definition) is 2. The summed E-state index contributed by atoms with van der Waals surface area (Å²) in [5, 5.41) is 7.08. The van der Waals surface area contributed by atoms with Gasteiger partial charge in [0.15, 0.2) is 5.11 Å². The normalized spacial score (nSPS) is 17.1. The second-order valence-electron chi connectivity index (χ2n) is 8.91. The first-order chi connectivity index (χ1) is 17.6. The Kier molecular flexibility index (Phi) is 7.04. The fourth-order valence-electron chi connectivity index (χ4n) is 4.58. The topological polar surface area (TPSA) is 75.1 Å². The van der Waals surface area contributed by atoms with Gasteiger partial charge in [-0.15, -0.1) is 0 Å². The third-order valence-electron chi connectivity index (χ3n) is 6.36.